The molecule has 0 spiro atoms. The fourth-order valence-electron chi connectivity index (χ4n) is 1.63. The van der Waals surface area contributed by atoms with E-state index < -0.39 is 5.41 Å². The van der Waals surface area contributed by atoms with Gasteiger partial charge in [-0.2, -0.15) is 5.26 Å². The van der Waals surface area contributed by atoms with Crippen molar-refractivity contribution in [1.29, 1.82) is 5.26 Å². The van der Waals surface area contributed by atoms with Crippen molar-refractivity contribution in [2.75, 3.05) is 0 Å². The lowest BCUT2D eigenvalue weighted by Crippen LogP contribution is -2.23. The molecule has 13 heavy (non-hydrogen) atoms. The third-order valence-electron chi connectivity index (χ3n) is 2.43. The number of pyridine rings is 1. The molecule has 0 radical (unpaired) electrons. The van der Waals surface area contributed by atoms with E-state index in [-0.39, 0.29) is 0 Å². The van der Waals surface area contributed by atoms with E-state index in [4.69, 9.17) is 5.26 Å². The van der Waals surface area contributed by atoms with Crippen molar-refractivity contribution in [1.82, 2.24) is 4.98 Å². The standard InChI is InChI=1S/C11H10N2/c1-11(8-12)6-2-4-9-5-3-7-13-10(9)11/h2-5,7H,6H2,1H3. The summed E-state index contributed by atoms with van der Waals surface area (Å²) in [5.41, 5.74) is 1.53. The normalized spacial score (nSPS) is 24.9. The largest absolute Gasteiger partial charge is 0.259 e. The molecule has 0 saturated heterocycles. The Morgan fingerprint density at radius 3 is 3.23 bits per heavy atom. The van der Waals surface area contributed by atoms with Gasteiger partial charge in [0.1, 0.15) is 5.41 Å². The van der Waals surface area contributed by atoms with Gasteiger partial charge in [-0.05, 0) is 25.0 Å². The number of hydrogen-bond acceptors (Lipinski definition) is 2. The Labute approximate surface area is 77.5 Å². The zero-order chi connectivity index (χ0) is 9.31. The van der Waals surface area contributed by atoms with Gasteiger partial charge in [-0.25, -0.2) is 0 Å². The number of nitrogens with zero attached hydrogens (tertiary/aromatic N) is 2. The van der Waals surface area contributed by atoms with Crippen LogP contribution in [0, 0.1) is 11.3 Å². The van der Waals surface area contributed by atoms with Gasteiger partial charge in [0.15, 0.2) is 0 Å². The summed E-state index contributed by atoms with van der Waals surface area (Å²) in [5, 5.41) is 9.07. The Bertz CT molecular complexity index is 401. The third kappa shape index (κ3) is 1.13. The minimum absolute atomic E-state index is 0.439. The van der Waals surface area contributed by atoms with Crippen molar-refractivity contribution in [3.63, 3.8) is 0 Å². The zero-order valence-electron chi connectivity index (χ0n) is 7.49. The van der Waals surface area contributed by atoms with Gasteiger partial charge in [0, 0.05) is 6.20 Å². The maximum absolute atomic E-state index is 9.07. The molecule has 0 aromatic carbocycles. The molecule has 1 aliphatic carbocycles. The number of allylic oxidation sites excluding steroid dienone is 1. The average molecular weight is 170 g/mol. The fourth-order valence-corrected chi connectivity index (χ4v) is 1.63. The van der Waals surface area contributed by atoms with Crippen LogP contribution in [0.1, 0.15) is 24.6 Å². The van der Waals surface area contributed by atoms with Crippen LogP contribution < -0.4 is 0 Å². The molecule has 0 aliphatic heterocycles. The van der Waals surface area contributed by atoms with E-state index in [2.05, 4.69) is 11.1 Å². The van der Waals surface area contributed by atoms with Crippen molar-refractivity contribution < 1.29 is 0 Å². The van der Waals surface area contributed by atoms with Crippen molar-refractivity contribution in [2.24, 2.45) is 0 Å². The Morgan fingerprint density at radius 1 is 1.62 bits per heavy atom. The van der Waals surface area contributed by atoms with Gasteiger partial charge >= 0.3 is 0 Å². The first-order chi connectivity index (χ1) is 6.26. The van der Waals surface area contributed by atoms with Crippen LogP contribution in [0.2, 0.25) is 0 Å². The molecule has 1 heterocycles. The van der Waals surface area contributed by atoms with Crippen molar-refractivity contribution in [3.8, 4) is 6.07 Å². The molecule has 0 amide bonds. The second kappa shape index (κ2) is 2.70. The van der Waals surface area contributed by atoms with E-state index in [1.54, 1.807) is 6.20 Å². The lowest BCUT2D eigenvalue weighted by molar-refractivity contribution is 0.592. The van der Waals surface area contributed by atoms with E-state index >= 15 is 0 Å². The molecule has 1 atom stereocenters. The van der Waals surface area contributed by atoms with Crippen molar-refractivity contribution in [2.45, 2.75) is 18.8 Å². The Morgan fingerprint density at radius 2 is 2.46 bits per heavy atom. The molecular formula is C11H10N2. The summed E-state index contributed by atoms with van der Waals surface area (Å²) in [6.45, 7) is 1.93. The number of rotatable bonds is 0. The van der Waals surface area contributed by atoms with Crippen molar-refractivity contribution in [3.05, 3.63) is 35.7 Å². The summed E-state index contributed by atoms with van der Waals surface area (Å²) in [6.07, 6.45) is 6.57. The van der Waals surface area contributed by atoms with Gasteiger partial charge in [0.25, 0.3) is 0 Å². The molecule has 1 aromatic rings. The molecule has 1 aromatic heterocycles. The summed E-state index contributed by atoms with van der Waals surface area (Å²) >= 11 is 0. The van der Waals surface area contributed by atoms with Gasteiger partial charge in [-0.1, -0.05) is 18.2 Å². The smallest absolute Gasteiger partial charge is 0.100 e. The molecule has 0 saturated carbocycles. The number of fused-ring (bicyclic) bond motifs is 1. The van der Waals surface area contributed by atoms with Crippen LogP contribution in [0.15, 0.2) is 24.4 Å². The van der Waals surface area contributed by atoms with E-state index in [0.29, 0.717) is 0 Å². The molecule has 1 unspecified atom stereocenters. The lowest BCUT2D eigenvalue weighted by Gasteiger charge is -2.24. The van der Waals surface area contributed by atoms with Gasteiger partial charge in [0.05, 0.1) is 11.8 Å². The predicted molar refractivity (Wildman–Crippen MR) is 50.9 cm³/mol. The van der Waals surface area contributed by atoms with Crippen LogP contribution in [0.25, 0.3) is 6.08 Å². The molecule has 0 fully saturated rings. The fraction of sp³-hybridized carbons (Fsp3) is 0.273. The summed E-state index contributed by atoms with van der Waals surface area (Å²) in [7, 11) is 0. The molecule has 0 N–H and O–H groups in total. The van der Waals surface area contributed by atoms with Gasteiger partial charge in [-0.3, -0.25) is 4.98 Å². The lowest BCUT2D eigenvalue weighted by atomic mass is 9.79. The number of aromatic nitrogens is 1. The van der Waals surface area contributed by atoms with E-state index in [1.165, 1.54) is 0 Å². The monoisotopic (exact) mass is 170 g/mol. The minimum Gasteiger partial charge on any atom is -0.259 e. The highest BCUT2D eigenvalue weighted by Crippen LogP contribution is 2.32. The van der Waals surface area contributed by atoms with Crippen molar-refractivity contribution >= 4 is 6.08 Å². The highest BCUT2D eigenvalue weighted by Gasteiger charge is 2.30. The van der Waals surface area contributed by atoms with Crippen LogP contribution in [0.5, 0.6) is 0 Å². The maximum Gasteiger partial charge on any atom is 0.100 e. The Kier molecular flexibility index (Phi) is 1.66. The van der Waals surface area contributed by atoms with Crippen LogP contribution in [0.3, 0.4) is 0 Å². The summed E-state index contributed by atoms with van der Waals surface area (Å²) in [6, 6.07) is 6.21. The molecule has 1 aliphatic rings. The summed E-state index contributed by atoms with van der Waals surface area (Å²) in [5.74, 6) is 0. The first kappa shape index (κ1) is 8.00. The van der Waals surface area contributed by atoms with Crippen LogP contribution in [0.4, 0.5) is 0 Å². The number of nitriles is 1. The van der Waals surface area contributed by atoms with E-state index in [1.807, 2.05) is 31.2 Å². The molecule has 2 heteroatoms. The minimum atomic E-state index is -0.439. The second-order valence-corrected chi connectivity index (χ2v) is 3.49. The first-order valence-corrected chi connectivity index (χ1v) is 4.29. The Hall–Kier alpha value is -1.62. The molecule has 0 bridgehead atoms. The van der Waals surface area contributed by atoms with Crippen LogP contribution in [-0.4, -0.2) is 4.98 Å². The molecule has 2 nitrogen and oxygen atoms in total. The number of hydrogen-bond donors (Lipinski definition) is 0. The highest BCUT2D eigenvalue weighted by atomic mass is 14.7. The Balaban J connectivity index is 2.64. The zero-order valence-corrected chi connectivity index (χ0v) is 7.49. The van der Waals surface area contributed by atoms with E-state index in [9.17, 15) is 0 Å². The average Bonchev–Trinajstić information content (AvgIpc) is 2.19. The predicted octanol–water partition coefficient (Wildman–Crippen LogP) is 2.28. The summed E-state index contributed by atoms with van der Waals surface area (Å²) in [4.78, 5) is 4.27. The van der Waals surface area contributed by atoms with E-state index in [0.717, 1.165) is 17.7 Å². The quantitative estimate of drug-likeness (QED) is 0.599. The van der Waals surface area contributed by atoms with Gasteiger partial charge < -0.3 is 0 Å². The first-order valence-electron chi connectivity index (χ1n) is 4.29. The van der Waals surface area contributed by atoms with Gasteiger partial charge in [0.2, 0.25) is 0 Å². The highest BCUT2D eigenvalue weighted by molar-refractivity contribution is 5.58. The van der Waals surface area contributed by atoms with Gasteiger partial charge in [-0.15, -0.1) is 0 Å². The topological polar surface area (TPSA) is 36.7 Å². The second-order valence-electron chi connectivity index (χ2n) is 3.49. The molecule has 2 rings (SSSR count). The maximum atomic E-state index is 9.07. The van der Waals surface area contributed by atoms with Crippen LogP contribution >= 0.6 is 0 Å². The van der Waals surface area contributed by atoms with Crippen LogP contribution in [-0.2, 0) is 5.41 Å². The molecule has 64 valence electrons. The SMILES string of the molecule is CC1(C#N)CC=Cc2cccnc21. The third-order valence-corrected chi connectivity index (χ3v) is 2.43. The molecular weight excluding hydrogens is 160 g/mol. The summed E-state index contributed by atoms with van der Waals surface area (Å²) < 4.78 is 0.